The fourth-order valence-electron chi connectivity index (χ4n) is 1.91. The average molecular weight is 268 g/mol. The van der Waals surface area contributed by atoms with Crippen molar-refractivity contribution in [2.45, 2.75) is 24.5 Å². The largest absolute Gasteiger partial charge is 0.394 e. The molecular formula is C9H12N6O4. The summed E-state index contributed by atoms with van der Waals surface area (Å²) in [6.45, 7) is -0.466. The minimum atomic E-state index is -1.21. The van der Waals surface area contributed by atoms with Crippen LogP contribution in [0.15, 0.2) is 22.2 Å². The van der Waals surface area contributed by atoms with Gasteiger partial charge in [-0.25, -0.2) is 4.79 Å². The molecule has 0 aliphatic carbocycles. The molecule has 1 saturated heterocycles. The Morgan fingerprint density at radius 2 is 2.42 bits per heavy atom. The highest BCUT2D eigenvalue weighted by atomic mass is 16.5. The number of nitrogens with zero attached hydrogens (tertiary/aromatic N) is 5. The van der Waals surface area contributed by atoms with Crippen molar-refractivity contribution in [3.8, 4) is 0 Å². The van der Waals surface area contributed by atoms with E-state index in [0.717, 1.165) is 4.57 Å². The summed E-state index contributed by atoms with van der Waals surface area (Å²) in [6.07, 6.45) is -1.87. The summed E-state index contributed by atoms with van der Waals surface area (Å²) in [5.41, 5.74) is 13.2. The van der Waals surface area contributed by atoms with E-state index in [0.29, 0.717) is 0 Å². The molecule has 2 heterocycles. The molecule has 0 bridgehead atoms. The summed E-state index contributed by atoms with van der Waals surface area (Å²) in [5.74, 6) is 0.0406. The summed E-state index contributed by atoms with van der Waals surface area (Å²) >= 11 is 0. The number of nitrogen functional groups attached to an aromatic ring is 1. The maximum atomic E-state index is 11.7. The number of aliphatic hydroxyl groups excluding tert-OH is 2. The van der Waals surface area contributed by atoms with Crippen LogP contribution in [0.4, 0.5) is 5.82 Å². The predicted molar refractivity (Wildman–Crippen MR) is 62.8 cm³/mol. The summed E-state index contributed by atoms with van der Waals surface area (Å²) in [6, 6.07) is 0.335. The first-order chi connectivity index (χ1) is 9.08. The first-order valence-electron chi connectivity index (χ1n) is 5.41. The molecule has 1 aliphatic heterocycles. The van der Waals surface area contributed by atoms with Gasteiger partial charge in [0.15, 0.2) is 0 Å². The Bertz CT molecular complexity index is 568. The molecular weight excluding hydrogens is 256 g/mol. The van der Waals surface area contributed by atoms with E-state index in [2.05, 4.69) is 15.0 Å². The van der Waals surface area contributed by atoms with Gasteiger partial charge in [0.1, 0.15) is 24.2 Å². The van der Waals surface area contributed by atoms with Crippen LogP contribution in [0.5, 0.6) is 0 Å². The Morgan fingerprint density at radius 3 is 3.00 bits per heavy atom. The molecule has 0 amide bonds. The molecule has 2 rings (SSSR count). The normalized spacial score (nSPS) is 30.0. The van der Waals surface area contributed by atoms with Gasteiger partial charge in [-0.1, -0.05) is 5.11 Å². The van der Waals surface area contributed by atoms with Crippen molar-refractivity contribution in [1.29, 1.82) is 0 Å². The number of hydrogen-bond donors (Lipinski definition) is 3. The Balaban J connectivity index is 2.41. The lowest BCUT2D eigenvalue weighted by atomic mass is 10.1. The number of ether oxygens (including phenoxy) is 1. The van der Waals surface area contributed by atoms with E-state index in [1.54, 1.807) is 0 Å². The molecule has 0 saturated carbocycles. The van der Waals surface area contributed by atoms with Crippen LogP contribution in [-0.4, -0.2) is 44.6 Å². The zero-order valence-corrected chi connectivity index (χ0v) is 9.70. The van der Waals surface area contributed by atoms with Crippen molar-refractivity contribution in [2.75, 3.05) is 12.3 Å². The molecule has 0 radical (unpaired) electrons. The number of aliphatic hydroxyl groups is 2. The molecule has 1 aromatic heterocycles. The van der Waals surface area contributed by atoms with Crippen molar-refractivity contribution in [3.05, 3.63) is 33.2 Å². The van der Waals surface area contributed by atoms with Crippen molar-refractivity contribution in [3.63, 3.8) is 0 Å². The van der Waals surface area contributed by atoms with Crippen LogP contribution in [0.1, 0.15) is 6.23 Å². The highest BCUT2D eigenvalue weighted by Gasteiger charge is 2.44. The van der Waals surface area contributed by atoms with E-state index in [-0.39, 0.29) is 5.82 Å². The molecule has 4 N–H and O–H groups in total. The molecule has 0 unspecified atom stereocenters. The zero-order chi connectivity index (χ0) is 14.0. The third kappa shape index (κ3) is 2.37. The van der Waals surface area contributed by atoms with Gasteiger partial charge in [-0.2, -0.15) is 4.98 Å². The Hall–Kier alpha value is -2.13. The van der Waals surface area contributed by atoms with Crippen LogP contribution in [0.25, 0.3) is 10.4 Å². The lowest BCUT2D eigenvalue weighted by Gasteiger charge is -2.17. The van der Waals surface area contributed by atoms with Gasteiger partial charge in [0.25, 0.3) is 0 Å². The quantitative estimate of drug-likeness (QED) is 0.353. The second-order valence-electron chi connectivity index (χ2n) is 3.98. The first-order valence-corrected chi connectivity index (χ1v) is 5.41. The summed E-state index contributed by atoms with van der Waals surface area (Å²) in [7, 11) is 0. The van der Waals surface area contributed by atoms with Gasteiger partial charge in [-0.15, -0.1) is 0 Å². The Morgan fingerprint density at radius 1 is 1.68 bits per heavy atom. The van der Waals surface area contributed by atoms with Crippen LogP contribution in [-0.2, 0) is 4.74 Å². The maximum Gasteiger partial charge on any atom is 0.351 e. The van der Waals surface area contributed by atoms with E-state index in [9.17, 15) is 9.90 Å². The number of anilines is 1. The number of aromatic nitrogens is 2. The Kier molecular flexibility index (Phi) is 3.67. The van der Waals surface area contributed by atoms with Crippen LogP contribution in [0, 0.1) is 0 Å². The van der Waals surface area contributed by atoms with Gasteiger partial charge >= 0.3 is 5.69 Å². The molecule has 1 aliphatic rings. The van der Waals surface area contributed by atoms with Gasteiger partial charge in [0.05, 0.1) is 12.7 Å². The van der Waals surface area contributed by atoms with E-state index in [1.165, 1.54) is 12.3 Å². The topological polar surface area (TPSA) is 159 Å². The minimum absolute atomic E-state index is 0.0406. The maximum absolute atomic E-state index is 11.7. The van der Waals surface area contributed by atoms with Gasteiger partial charge in [-0.05, 0) is 11.6 Å². The van der Waals surface area contributed by atoms with Crippen LogP contribution >= 0.6 is 0 Å². The van der Waals surface area contributed by atoms with E-state index in [1.807, 2.05) is 0 Å². The van der Waals surface area contributed by atoms with Gasteiger partial charge in [0.2, 0.25) is 0 Å². The standard InChI is InChI=1S/C9H12N6O4/c10-5-1-2-15(9(18)12-5)8-6(13-14-11)7(17)4(3-16)19-8/h1-2,4,6-8,16-17H,3H2,(H2,10,12,18)/t4-,6+,7-,8-/m1/s1. The van der Waals surface area contributed by atoms with E-state index < -0.39 is 36.8 Å². The van der Waals surface area contributed by atoms with Crippen LogP contribution in [0.2, 0.25) is 0 Å². The third-order valence-electron chi connectivity index (χ3n) is 2.83. The SMILES string of the molecule is [N-]=[N+]=N[C@H]1[C@H](O)[C@@H](CO)O[C@H]1n1ccc(N)nc1=O. The summed E-state index contributed by atoms with van der Waals surface area (Å²) < 4.78 is 6.36. The average Bonchev–Trinajstić information content (AvgIpc) is 2.68. The van der Waals surface area contributed by atoms with Crippen molar-refractivity contribution in [2.24, 2.45) is 5.11 Å². The summed E-state index contributed by atoms with van der Waals surface area (Å²) in [4.78, 5) is 17.8. The first kappa shape index (κ1) is 13.3. The lowest BCUT2D eigenvalue weighted by molar-refractivity contribution is -0.0464. The molecule has 4 atom stereocenters. The van der Waals surface area contributed by atoms with Crippen LogP contribution < -0.4 is 11.4 Å². The minimum Gasteiger partial charge on any atom is -0.394 e. The van der Waals surface area contributed by atoms with Crippen molar-refractivity contribution >= 4 is 5.82 Å². The molecule has 1 aromatic rings. The Labute approximate surface area is 106 Å². The predicted octanol–water partition coefficient (Wildman–Crippen LogP) is -1.24. The van der Waals surface area contributed by atoms with Crippen LogP contribution in [0.3, 0.4) is 0 Å². The highest BCUT2D eigenvalue weighted by Crippen LogP contribution is 2.30. The number of azide groups is 1. The molecule has 19 heavy (non-hydrogen) atoms. The van der Waals surface area contributed by atoms with E-state index >= 15 is 0 Å². The smallest absolute Gasteiger partial charge is 0.351 e. The fourth-order valence-corrected chi connectivity index (χ4v) is 1.91. The second kappa shape index (κ2) is 5.24. The number of rotatable bonds is 3. The van der Waals surface area contributed by atoms with Crippen molar-refractivity contribution in [1.82, 2.24) is 9.55 Å². The van der Waals surface area contributed by atoms with Gasteiger partial charge in [0, 0.05) is 11.1 Å². The lowest BCUT2D eigenvalue weighted by Crippen LogP contribution is -2.34. The number of hydrogen-bond acceptors (Lipinski definition) is 7. The molecule has 102 valence electrons. The monoisotopic (exact) mass is 268 g/mol. The third-order valence-corrected chi connectivity index (χ3v) is 2.83. The van der Waals surface area contributed by atoms with Crippen molar-refractivity contribution < 1.29 is 14.9 Å². The fraction of sp³-hybridized carbons (Fsp3) is 0.556. The number of nitrogens with two attached hydrogens (primary N) is 1. The van der Waals surface area contributed by atoms with Gasteiger partial charge in [-0.3, -0.25) is 4.57 Å². The molecule has 0 spiro atoms. The van der Waals surface area contributed by atoms with E-state index in [4.69, 9.17) is 21.1 Å². The molecule has 0 aromatic carbocycles. The van der Waals surface area contributed by atoms with Gasteiger partial charge < -0.3 is 20.7 Å². The second-order valence-corrected chi connectivity index (χ2v) is 3.98. The summed E-state index contributed by atoms with van der Waals surface area (Å²) in [5, 5.41) is 22.3. The zero-order valence-electron chi connectivity index (χ0n) is 9.70. The molecule has 1 fully saturated rings. The molecule has 10 nitrogen and oxygen atoms in total. The molecule has 10 heteroatoms. The highest BCUT2D eigenvalue weighted by molar-refractivity contribution is 5.23.